The molecule has 0 aliphatic heterocycles. The summed E-state index contributed by atoms with van der Waals surface area (Å²) in [6, 6.07) is 12.9. The van der Waals surface area contributed by atoms with Gasteiger partial charge in [0, 0.05) is 18.9 Å². The van der Waals surface area contributed by atoms with Crippen molar-refractivity contribution in [3.05, 3.63) is 89.8 Å². The highest BCUT2D eigenvalue weighted by Crippen LogP contribution is 2.22. The van der Waals surface area contributed by atoms with Crippen LogP contribution >= 0.6 is 0 Å². The zero-order chi connectivity index (χ0) is 16.9. The molecule has 4 nitrogen and oxygen atoms in total. The van der Waals surface area contributed by atoms with E-state index in [9.17, 15) is 14.3 Å². The van der Waals surface area contributed by atoms with Crippen LogP contribution in [0.3, 0.4) is 0 Å². The predicted octanol–water partition coefficient (Wildman–Crippen LogP) is 3.96. The monoisotopic (exact) mass is 322 g/mol. The quantitative estimate of drug-likeness (QED) is 0.723. The van der Waals surface area contributed by atoms with E-state index in [4.69, 9.17) is 0 Å². The van der Waals surface area contributed by atoms with Crippen molar-refractivity contribution in [2.45, 2.75) is 6.54 Å². The Morgan fingerprint density at radius 3 is 2.58 bits per heavy atom. The molecule has 0 saturated carbocycles. The van der Waals surface area contributed by atoms with E-state index in [1.54, 1.807) is 48.9 Å². The number of allylic oxidation sites excluding steroid dienone is 1. The molecule has 1 heterocycles. The van der Waals surface area contributed by atoms with Gasteiger partial charge in [-0.05, 0) is 41.0 Å². The number of hydrogen-bond donors (Lipinski definition) is 1. The van der Waals surface area contributed by atoms with Gasteiger partial charge in [-0.1, -0.05) is 30.3 Å². The van der Waals surface area contributed by atoms with Crippen LogP contribution in [0.15, 0.2) is 67.3 Å². The summed E-state index contributed by atoms with van der Waals surface area (Å²) >= 11 is 0. The molecule has 1 N–H and O–H groups in total. The molecular weight excluding hydrogens is 307 g/mol. The minimum absolute atomic E-state index is 0.225. The lowest BCUT2D eigenvalue weighted by Gasteiger charge is -2.10. The van der Waals surface area contributed by atoms with Crippen molar-refractivity contribution in [2.75, 3.05) is 0 Å². The predicted molar refractivity (Wildman–Crippen MR) is 89.9 cm³/mol. The highest BCUT2D eigenvalue weighted by Gasteiger charge is 2.10. The van der Waals surface area contributed by atoms with Crippen LogP contribution in [0.5, 0.6) is 0 Å². The number of imidazole rings is 1. The molecule has 0 unspecified atom stereocenters. The van der Waals surface area contributed by atoms with Crippen molar-refractivity contribution in [2.24, 2.45) is 0 Å². The molecular formula is C19H15FN2O2. The van der Waals surface area contributed by atoms with Gasteiger partial charge in [-0.3, -0.25) is 0 Å². The molecule has 1 aromatic heterocycles. The molecule has 0 spiro atoms. The van der Waals surface area contributed by atoms with Crippen LogP contribution in [0, 0.1) is 5.82 Å². The molecule has 3 rings (SSSR count). The fourth-order valence-electron chi connectivity index (χ4n) is 2.47. The molecule has 5 heteroatoms. The summed E-state index contributed by atoms with van der Waals surface area (Å²) in [6.07, 6.45) is 6.99. The van der Waals surface area contributed by atoms with Crippen LogP contribution in [0.2, 0.25) is 0 Å². The highest BCUT2D eigenvalue weighted by atomic mass is 19.1. The smallest absolute Gasteiger partial charge is 0.336 e. The number of carboxylic acids is 1. The third-order valence-corrected chi connectivity index (χ3v) is 3.65. The van der Waals surface area contributed by atoms with Crippen molar-refractivity contribution in [1.29, 1.82) is 0 Å². The van der Waals surface area contributed by atoms with E-state index in [0.29, 0.717) is 12.1 Å². The Morgan fingerprint density at radius 2 is 1.92 bits per heavy atom. The van der Waals surface area contributed by atoms with Gasteiger partial charge in [0.2, 0.25) is 0 Å². The zero-order valence-corrected chi connectivity index (χ0v) is 12.8. The molecule has 0 bridgehead atoms. The molecule has 0 amide bonds. The van der Waals surface area contributed by atoms with E-state index >= 15 is 0 Å². The third-order valence-electron chi connectivity index (χ3n) is 3.65. The van der Waals surface area contributed by atoms with Crippen LogP contribution in [-0.2, 0) is 6.54 Å². The summed E-state index contributed by atoms with van der Waals surface area (Å²) in [5, 5.41) is 9.35. The second kappa shape index (κ2) is 6.91. The number of hydrogen-bond acceptors (Lipinski definition) is 2. The van der Waals surface area contributed by atoms with Gasteiger partial charge in [0.25, 0.3) is 0 Å². The van der Waals surface area contributed by atoms with Crippen LogP contribution in [0.1, 0.15) is 21.5 Å². The average molecular weight is 322 g/mol. The minimum Gasteiger partial charge on any atom is -0.478 e. The Kier molecular flexibility index (Phi) is 4.52. The molecule has 2 aromatic carbocycles. The molecule has 0 aliphatic carbocycles. The number of carbonyl (C=O) groups is 1. The first-order valence-corrected chi connectivity index (χ1v) is 7.38. The first-order valence-electron chi connectivity index (χ1n) is 7.38. The zero-order valence-electron chi connectivity index (χ0n) is 12.8. The van der Waals surface area contributed by atoms with Crippen molar-refractivity contribution in [3.8, 4) is 0 Å². The van der Waals surface area contributed by atoms with E-state index in [1.807, 2.05) is 16.8 Å². The molecule has 0 aliphatic rings. The molecule has 3 aromatic rings. The summed E-state index contributed by atoms with van der Waals surface area (Å²) in [4.78, 5) is 15.4. The third kappa shape index (κ3) is 3.57. The Labute approximate surface area is 138 Å². The lowest BCUT2D eigenvalue weighted by molar-refractivity contribution is 0.0696. The molecule has 0 saturated heterocycles. The summed E-state index contributed by atoms with van der Waals surface area (Å²) in [6.45, 7) is 0.500. The Bertz CT molecular complexity index is 869. The van der Waals surface area contributed by atoms with Gasteiger partial charge in [0.05, 0.1) is 11.9 Å². The van der Waals surface area contributed by atoms with Crippen molar-refractivity contribution < 1.29 is 14.3 Å². The number of benzene rings is 2. The van der Waals surface area contributed by atoms with Crippen molar-refractivity contribution in [3.63, 3.8) is 0 Å². The standard InChI is InChI=1S/C19H15FN2O2/c20-17-7-5-14(6-8-17)16(12-22-10-9-21-13-22)11-15-3-1-2-4-18(15)19(23)24/h1-11,13H,12H2,(H,23,24). The number of aromatic carboxylic acids is 1. The molecule has 120 valence electrons. The second-order valence-electron chi connectivity index (χ2n) is 5.30. The van der Waals surface area contributed by atoms with E-state index in [1.165, 1.54) is 12.1 Å². The van der Waals surface area contributed by atoms with Crippen LogP contribution < -0.4 is 0 Å². The van der Waals surface area contributed by atoms with Crippen LogP contribution in [-0.4, -0.2) is 20.6 Å². The molecule has 0 radical (unpaired) electrons. The van der Waals surface area contributed by atoms with E-state index in [0.717, 1.165) is 11.1 Å². The average Bonchev–Trinajstić information content (AvgIpc) is 3.08. The largest absolute Gasteiger partial charge is 0.478 e. The normalized spacial score (nSPS) is 11.5. The number of carboxylic acid groups (broad SMARTS) is 1. The topological polar surface area (TPSA) is 55.1 Å². The van der Waals surface area contributed by atoms with Crippen molar-refractivity contribution >= 4 is 17.6 Å². The van der Waals surface area contributed by atoms with E-state index < -0.39 is 5.97 Å². The van der Waals surface area contributed by atoms with Gasteiger partial charge in [-0.15, -0.1) is 0 Å². The molecule has 0 atom stereocenters. The fourth-order valence-corrected chi connectivity index (χ4v) is 2.47. The fraction of sp³-hybridized carbons (Fsp3) is 0.0526. The summed E-state index contributed by atoms with van der Waals surface area (Å²) < 4.78 is 15.1. The lowest BCUT2D eigenvalue weighted by Crippen LogP contribution is -2.02. The number of halogens is 1. The Hall–Kier alpha value is -3.21. The molecule has 24 heavy (non-hydrogen) atoms. The first-order chi connectivity index (χ1) is 11.6. The Balaban J connectivity index is 2.07. The Morgan fingerprint density at radius 1 is 1.17 bits per heavy atom. The van der Waals surface area contributed by atoms with Gasteiger partial charge < -0.3 is 9.67 Å². The maximum Gasteiger partial charge on any atom is 0.336 e. The van der Waals surface area contributed by atoms with Crippen molar-refractivity contribution in [1.82, 2.24) is 9.55 Å². The van der Waals surface area contributed by atoms with Gasteiger partial charge >= 0.3 is 5.97 Å². The highest BCUT2D eigenvalue weighted by molar-refractivity contribution is 5.95. The van der Waals surface area contributed by atoms with Gasteiger partial charge in [0.15, 0.2) is 0 Å². The van der Waals surface area contributed by atoms with E-state index in [2.05, 4.69) is 4.98 Å². The minimum atomic E-state index is -0.983. The number of rotatable bonds is 5. The van der Waals surface area contributed by atoms with Crippen LogP contribution in [0.4, 0.5) is 4.39 Å². The molecule has 0 fully saturated rings. The van der Waals surface area contributed by atoms with Crippen LogP contribution in [0.25, 0.3) is 11.6 Å². The summed E-state index contributed by atoms with van der Waals surface area (Å²) in [7, 11) is 0. The maximum absolute atomic E-state index is 13.2. The summed E-state index contributed by atoms with van der Waals surface area (Å²) in [5.41, 5.74) is 2.51. The van der Waals surface area contributed by atoms with Gasteiger partial charge in [0.1, 0.15) is 5.82 Å². The first kappa shape index (κ1) is 15.7. The SMILES string of the molecule is O=C(O)c1ccccc1C=C(Cn1ccnc1)c1ccc(F)cc1. The second-order valence-corrected chi connectivity index (χ2v) is 5.30. The van der Waals surface area contributed by atoms with Gasteiger partial charge in [-0.25, -0.2) is 14.2 Å². The number of nitrogens with zero attached hydrogens (tertiary/aromatic N) is 2. The lowest BCUT2D eigenvalue weighted by atomic mass is 9.99. The summed E-state index contributed by atoms with van der Waals surface area (Å²) in [5.74, 6) is -1.30. The number of aromatic nitrogens is 2. The van der Waals surface area contributed by atoms with Gasteiger partial charge in [-0.2, -0.15) is 0 Å². The maximum atomic E-state index is 13.2. The van der Waals surface area contributed by atoms with E-state index in [-0.39, 0.29) is 11.4 Å².